The van der Waals surface area contributed by atoms with Gasteiger partial charge in [-0.05, 0) is 38.3 Å². The lowest BCUT2D eigenvalue weighted by Crippen LogP contribution is -2.27. The van der Waals surface area contributed by atoms with E-state index < -0.39 is 0 Å². The fraction of sp³-hybridized carbons (Fsp3) is 0.824. The summed E-state index contributed by atoms with van der Waals surface area (Å²) >= 11 is 0. The van der Waals surface area contributed by atoms with Gasteiger partial charge in [-0.1, -0.05) is 33.1 Å². The van der Waals surface area contributed by atoms with E-state index in [2.05, 4.69) is 34.6 Å². The van der Waals surface area contributed by atoms with E-state index in [4.69, 9.17) is 0 Å². The Morgan fingerprint density at radius 3 is 2.78 bits per heavy atom. The van der Waals surface area contributed by atoms with Crippen LogP contribution in [0.5, 0.6) is 0 Å². The van der Waals surface area contributed by atoms with Crippen molar-refractivity contribution in [2.24, 2.45) is 13.0 Å². The zero-order valence-electron chi connectivity index (χ0n) is 14.8. The number of hydrogen-bond acceptors (Lipinski definition) is 4. The van der Waals surface area contributed by atoms with Crippen LogP contribution < -0.4 is 10.6 Å². The highest BCUT2D eigenvalue weighted by Crippen LogP contribution is 2.23. The third-order valence-electron chi connectivity index (χ3n) is 4.75. The number of rotatable bonds is 8. The number of aryl methyl sites for hydroxylation is 1. The van der Waals surface area contributed by atoms with E-state index in [1.54, 1.807) is 4.68 Å². The van der Waals surface area contributed by atoms with Gasteiger partial charge < -0.3 is 5.32 Å². The summed E-state index contributed by atoms with van der Waals surface area (Å²) in [6.07, 6.45) is 7.24. The van der Waals surface area contributed by atoms with Gasteiger partial charge in [-0.2, -0.15) is 10.1 Å². The molecular formula is C17H31N5O. The molecule has 0 saturated carbocycles. The summed E-state index contributed by atoms with van der Waals surface area (Å²) in [7, 11) is 1.85. The molecule has 0 aliphatic carbocycles. The predicted octanol–water partition coefficient (Wildman–Crippen LogP) is 2.83. The Morgan fingerprint density at radius 2 is 2.13 bits per heavy atom. The molecule has 1 unspecified atom stereocenters. The summed E-state index contributed by atoms with van der Waals surface area (Å²) in [5.41, 5.74) is 0. The van der Waals surface area contributed by atoms with E-state index in [1.165, 1.54) is 12.8 Å². The topological polar surface area (TPSA) is 71.8 Å². The second kappa shape index (κ2) is 9.01. The first-order valence-electron chi connectivity index (χ1n) is 9.05. The summed E-state index contributed by atoms with van der Waals surface area (Å²) in [6, 6.07) is 0. The van der Waals surface area contributed by atoms with Gasteiger partial charge >= 0.3 is 0 Å². The fourth-order valence-electron chi connectivity index (χ4n) is 3.15. The fourth-order valence-corrected chi connectivity index (χ4v) is 3.15. The SMILES string of the molecule is CCCCC(CC)CC(=O)Nc1nc(C2CCNCC2)nn1C. The van der Waals surface area contributed by atoms with Gasteiger partial charge in [0.1, 0.15) is 0 Å². The number of amides is 1. The molecule has 1 aliphatic heterocycles. The largest absolute Gasteiger partial charge is 0.317 e. The normalized spacial score (nSPS) is 17.2. The molecule has 1 aliphatic rings. The summed E-state index contributed by atoms with van der Waals surface area (Å²) in [5.74, 6) is 2.37. The Hall–Kier alpha value is -1.43. The van der Waals surface area contributed by atoms with Crippen LogP contribution in [0.4, 0.5) is 5.95 Å². The molecule has 1 atom stereocenters. The number of piperidine rings is 1. The molecule has 6 heteroatoms. The number of hydrogen-bond donors (Lipinski definition) is 2. The lowest BCUT2D eigenvalue weighted by Gasteiger charge is -2.19. The number of unbranched alkanes of at least 4 members (excludes halogenated alkanes) is 1. The van der Waals surface area contributed by atoms with Crippen molar-refractivity contribution in [2.75, 3.05) is 18.4 Å². The monoisotopic (exact) mass is 321 g/mol. The van der Waals surface area contributed by atoms with Crippen LogP contribution in [0.3, 0.4) is 0 Å². The maximum Gasteiger partial charge on any atom is 0.227 e. The van der Waals surface area contributed by atoms with Gasteiger partial charge in [0, 0.05) is 19.4 Å². The Bertz CT molecular complexity index is 493. The van der Waals surface area contributed by atoms with Crippen LogP contribution in [0.2, 0.25) is 0 Å². The molecular weight excluding hydrogens is 290 g/mol. The minimum atomic E-state index is 0.0558. The van der Waals surface area contributed by atoms with Crippen molar-refractivity contribution in [3.8, 4) is 0 Å². The Morgan fingerprint density at radius 1 is 1.39 bits per heavy atom. The van der Waals surface area contributed by atoms with E-state index in [0.29, 0.717) is 24.2 Å². The molecule has 2 N–H and O–H groups in total. The molecule has 6 nitrogen and oxygen atoms in total. The van der Waals surface area contributed by atoms with E-state index in [-0.39, 0.29) is 5.91 Å². The number of nitrogens with one attached hydrogen (secondary N) is 2. The highest BCUT2D eigenvalue weighted by molar-refractivity contribution is 5.89. The molecule has 2 rings (SSSR count). The van der Waals surface area contributed by atoms with Crippen molar-refractivity contribution in [3.63, 3.8) is 0 Å². The van der Waals surface area contributed by atoms with Gasteiger partial charge in [0.15, 0.2) is 5.82 Å². The standard InChI is InChI=1S/C17H31N5O/c1-4-6-7-13(5-2)12-15(23)19-17-20-16(21-22(17)3)14-8-10-18-11-9-14/h13-14,18H,4-12H2,1-3H3,(H,19,20,21,23). The van der Waals surface area contributed by atoms with Crippen LogP contribution in [0.25, 0.3) is 0 Å². The van der Waals surface area contributed by atoms with Crippen LogP contribution in [-0.2, 0) is 11.8 Å². The van der Waals surface area contributed by atoms with Crippen LogP contribution in [-0.4, -0.2) is 33.8 Å². The Kier molecular flexibility index (Phi) is 7.02. The third kappa shape index (κ3) is 5.30. The van der Waals surface area contributed by atoms with Crippen molar-refractivity contribution >= 4 is 11.9 Å². The maximum absolute atomic E-state index is 12.3. The van der Waals surface area contributed by atoms with Gasteiger partial charge in [-0.3, -0.25) is 10.1 Å². The lowest BCUT2D eigenvalue weighted by atomic mass is 9.95. The average Bonchev–Trinajstić information content (AvgIpc) is 2.93. The minimum absolute atomic E-state index is 0.0558. The Balaban J connectivity index is 1.91. The second-order valence-electron chi connectivity index (χ2n) is 6.61. The van der Waals surface area contributed by atoms with Crippen molar-refractivity contribution in [1.29, 1.82) is 0 Å². The molecule has 130 valence electrons. The van der Waals surface area contributed by atoms with E-state index in [9.17, 15) is 4.79 Å². The zero-order chi connectivity index (χ0) is 16.7. The molecule has 2 heterocycles. The molecule has 1 aromatic rings. The van der Waals surface area contributed by atoms with Gasteiger partial charge in [-0.25, -0.2) is 4.68 Å². The first-order chi connectivity index (χ1) is 11.1. The van der Waals surface area contributed by atoms with Crippen molar-refractivity contribution in [2.45, 2.75) is 64.7 Å². The highest BCUT2D eigenvalue weighted by Gasteiger charge is 2.21. The number of carbonyl (C=O) groups is 1. The van der Waals surface area contributed by atoms with Crippen LogP contribution in [0, 0.1) is 5.92 Å². The summed E-state index contributed by atoms with van der Waals surface area (Å²) in [4.78, 5) is 16.8. The van der Waals surface area contributed by atoms with Gasteiger partial charge in [0.25, 0.3) is 0 Å². The summed E-state index contributed by atoms with van der Waals surface area (Å²) < 4.78 is 1.70. The lowest BCUT2D eigenvalue weighted by molar-refractivity contribution is -0.117. The number of carbonyl (C=O) groups excluding carboxylic acids is 1. The van der Waals surface area contributed by atoms with Gasteiger partial charge in [-0.15, -0.1) is 0 Å². The molecule has 0 radical (unpaired) electrons. The molecule has 0 bridgehead atoms. The molecule has 1 fully saturated rings. The number of anilines is 1. The maximum atomic E-state index is 12.3. The quantitative estimate of drug-likeness (QED) is 0.772. The van der Waals surface area contributed by atoms with Crippen molar-refractivity contribution in [3.05, 3.63) is 5.82 Å². The smallest absolute Gasteiger partial charge is 0.227 e. The van der Waals surface area contributed by atoms with Crippen LogP contribution >= 0.6 is 0 Å². The van der Waals surface area contributed by atoms with Crippen molar-refractivity contribution < 1.29 is 4.79 Å². The highest BCUT2D eigenvalue weighted by atomic mass is 16.1. The molecule has 0 spiro atoms. The first kappa shape index (κ1) is 17.9. The average molecular weight is 321 g/mol. The molecule has 1 amide bonds. The van der Waals surface area contributed by atoms with Gasteiger partial charge in [0.05, 0.1) is 0 Å². The van der Waals surface area contributed by atoms with Gasteiger partial charge in [0.2, 0.25) is 11.9 Å². The first-order valence-corrected chi connectivity index (χ1v) is 9.05. The van der Waals surface area contributed by atoms with E-state index in [0.717, 1.165) is 44.6 Å². The minimum Gasteiger partial charge on any atom is -0.317 e. The molecule has 23 heavy (non-hydrogen) atoms. The molecule has 0 aromatic carbocycles. The summed E-state index contributed by atoms with van der Waals surface area (Å²) in [6.45, 7) is 6.38. The molecule has 1 aromatic heterocycles. The van der Waals surface area contributed by atoms with E-state index >= 15 is 0 Å². The number of aromatic nitrogens is 3. The van der Waals surface area contributed by atoms with Crippen LogP contribution in [0.15, 0.2) is 0 Å². The van der Waals surface area contributed by atoms with E-state index in [1.807, 2.05) is 7.05 Å². The Labute approximate surface area is 139 Å². The zero-order valence-corrected chi connectivity index (χ0v) is 14.8. The van der Waals surface area contributed by atoms with Crippen LogP contribution in [0.1, 0.15) is 70.5 Å². The second-order valence-corrected chi connectivity index (χ2v) is 6.61. The summed E-state index contributed by atoms with van der Waals surface area (Å²) in [5, 5.41) is 10.8. The number of nitrogens with zero attached hydrogens (tertiary/aromatic N) is 3. The van der Waals surface area contributed by atoms with Crippen molar-refractivity contribution in [1.82, 2.24) is 20.1 Å². The predicted molar refractivity (Wildman–Crippen MR) is 92.4 cm³/mol. The third-order valence-corrected chi connectivity index (χ3v) is 4.75. The molecule has 1 saturated heterocycles.